The molecule has 8 aromatic carbocycles. The van der Waals surface area contributed by atoms with E-state index in [2.05, 4.69) is 191 Å². The second-order valence-corrected chi connectivity index (χ2v) is 13.6. The fraction of sp³-hybridized carbons (Fsp3) is 0. The molecule has 0 atom stereocenters. The fourth-order valence-electron chi connectivity index (χ4n) is 7.46. The molecule has 230 valence electrons. The van der Waals surface area contributed by atoms with Gasteiger partial charge in [0.2, 0.25) is 0 Å². The van der Waals surface area contributed by atoms with Crippen molar-refractivity contribution in [1.82, 2.24) is 4.57 Å². The van der Waals surface area contributed by atoms with Gasteiger partial charge in [-0.25, -0.2) is 0 Å². The smallest absolute Gasteiger partial charge is 0.0640 e. The SMILES string of the molecule is c1ccc(-n2c3ccccc3c3ccc(-c4ccc(N(c5ccc6ccccc6c5)c5cccc6c5sc5ccccc56)cc4)cc32)cc1. The van der Waals surface area contributed by atoms with E-state index >= 15 is 0 Å². The zero-order valence-corrected chi connectivity index (χ0v) is 27.4. The highest BCUT2D eigenvalue weighted by Crippen LogP contribution is 2.45. The lowest BCUT2D eigenvalue weighted by Crippen LogP contribution is -2.10. The van der Waals surface area contributed by atoms with Gasteiger partial charge in [-0.15, -0.1) is 11.3 Å². The first-order valence-electron chi connectivity index (χ1n) is 16.7. The summed E-state index contributed by atoms with van der Waals surface area (Å²) in [5.41, 5.74) is 9.45. The molecule has 0 saturated heterocycles. The number of fused-ring (bicyclic) bond motifs is 7. The van der Waals surface area contributed by atoms with Crippen LogP contribution in [0, 0.1) is 0 Å². The van der Waals surface area contributed by atoms with Gasteiger partial charge in [-0.2, -0.15) is 0 Å². The van der Waals surface area contributed by atoms with Crippen LogP contribution in [0.15, 0.2) is 182 Å². The molecule has 0 aliphatic heterocycles. The van der Waals surface area contributed by atoms with Crippen LogP contribution in [0.1, 0.15) is 0 Å². The Morgan fingerprint density at radius 2 is 1.08 bits per heavy atom. The minimum atomic E-state index is 1.13. The van der Waals surface area contributed by atoms with Crippen molar-refractivity contribution < 1.29 is 0 Å². The maximum Gasteiger partial charge on any atom is 0.0640 e. The minimum absolute atomic E-state index is 1.13. The van der Waals surface area contributed by atoms with Gasteiger partial charge < -0.3 is 9.47 Å². The van der Waals surface area contributed by atoms with Crippen molar-refractivity contribution >= 4 is 81.1 Å². The molecule has 0 bridgehead atoms. The second kappa shape index (κ2) is 11.2. The van der Waals surface area contributed by atoms with Gasteiger partial charge in [0.1, 0.15) is 0 Å². The molecule has 10 rings (SSSR count). The van der Waals surface area contributed by atoms with Crippen LogP contribution in [0.5, 0.6) is 0 Å². The number of hydrogen-bond donors (Lipinski definition) is 0. The van der Waals surface area contributed by atoms with E-state index in [4.69, 9.17) is 0 Å². The Hall–Kier alpha value is -6.16. The Labute approximate surface area is 288 Å². The Morgan fingerprint density at radius 1 is 0.408 bits per heavy atom. The predicted octanol–water partition coefficient (Wildman–Crippen LogP) is 13.4. The molecule has 3 heteroatoms. The molecule has 0 spiro atoms. The van der Waals surface area contributed by atoms with E-state index in [9.17, 15) is 0 Å². The molecular formula is C46H30N2S. The van der Waals surface area contributed by atoms with E-state index in [1.165, 1.54) is 75.3 Å². The number of aromatic nitrogens is 1. The van der Waals surface area contributed by atoms with Gasteiger partial charge in [0.05, 0.1) is 21.4 Å². The monoisotopic (exact) mass is 642 g/mol. The molecular weight excluding hydrogens is 613 g/mol. The van der Waals surface area contributed by atoms with E-state index in [1.807, 2.05) is 11.3 Å². The number of nitrogens with zero attached hydrogens (tertiary/aromatic N) is 2. The highest BCUT2D eigenvalue weighted by molar-refractivity contribution is 7.26. The van der Waals surface area contributed by atoms with Crippen LogP contribution in [0.3, 0.4) is 0 Å². The minimum Gasteiger partial charge on any atom is -0.309 e. The standard InChI is InChI=1S/C46H30N2S/c1-2-13-35(14-3-1)48-42-18-8-6-15-38(42)39-28-24-34(30-44(39)48)32-21-25-36(26-22-32)47(37-27-23-31-11-4-5-12-33(31)29-37)43-19-10-17-41-40-16-7-9-20-45(40)49-46(41)43/h1-30H. The Kier molecular flexibility index (Phi) is 6.39. The molecule has 2 aromatic heterocycles. The number of thiophene rings is 1. The first kappa shape index (κ1) is 27.9. The molecule has 49 heavy (non-hydrogen) atoms. The summed E-state index contributed by atoms with van der Waals surface area (Å²) < 4.78 is 4.98. The summed E-state index contributed by atoms with van der Waals surface area (Å²) in [5.74, 6) is 0. The number of hydrogen-bond acceptors (Lipinski definition) is 2. The molecule has 0 unspecified atom stereocenters. The van der Waals surface area contributed by atoms with Crippen molar-refractivity contribution in [2.45, 2.75) is 0 Å². The number of para-hydroxylation sites is 2. The highest BCUT2D eigenvalue weighted by Gasteiger charge is 2.19. The number of anilines is 3. The Morgan fingerprint density at radius 3 is 1.96 bits per heavy atom. The summed E-state index contributed by atoms with van der Waals surface area (Å²) in [6.07, 6.45) is 0. The van der Waals surface area contributed by atoms with Gasteiger partial charge >= 0.3 is 0 Å². The van der Waals surface area contributed by atoms with E-state index in [1.54, 1.807) is 0 Å². The summed E-state index contributed by atoms with van der Waals surface area (Å²) >= 11 is 1.87. The van der Waals surface area contributed by atoms with Crippen molar-refractivity contribution in [3.8, 4) is 16.8 Å². The average Bonchev–Trinajstić information content (AvgIpc) is 3.72. The van der Waals surface area contributed by atoms with Crippen molar-refractivity contribution in [1.29, 1.82) is 0 Å². The molecule has 2 heterocycles. The lowest BCUT2D eigenvalue weighted by atomic mass is 10.0. The molecule has 0 aliphatic rings. The Balaban J connectivity index is 1.13. The van der Waals surface area contributed by atoms with E-state index < -0.39 is 0 Å². The molecule has 0 aliphatic carbocycles. The van der Waals surface area contributed by atoms with Crippen molar-refractivity contribution in [2.75, 3.05) is 4.90 Å². The fourth-order valence-corrected chi connectivity index (χ4v) is 8.67. The highest BCUT2D eigenvalue weighted by atomic mass is 32.1. The lowest BCUT2D eigenvalue weighted by Gasteiger charge is -2.26. The third kappa shape index (κ3) is 4.55. The summed E-state index contributed by atoms with van der Waals surface area (Å²) in [5, 5.41) is 7.60. The van der Waals surface area contributed by atoms with Crippen LogP contribution in [-0.2, 0) is 0 Å². The van der Waals surface area contributed by atoms with Crippen LogP contribution in [0.2, 0.25) is 0 Å². The largest absolute Gasteiger partial charge is 0.309 e. The van der Waals surface area contributed by atoms with Gasteiger partial charge in [0, 0.05) is 43.3 Å². The molecule has 10 aromatic rings. The Bertz CT molecular complexity index is 2830. The van der Waals surface area contributed by atoms with Crippen molar-refractivity contribution in [3.05, 3.63) is 182 Å². The molecule has 0 N–H and O–H groups in total. The van der Waals surface area contributed by atoms with Gasteiger partial charge in [-0.05, 0) is 82.6 Å². The van der Waals surface area contributed by atoms with Gasteiger partial charge in [0.15, 0.2) is 0 Å². The average molecular weight is 643 g/mol. The quantitative estimate of drug-likeness (QED) is 0.181. The van der Waals surface area contributed by atoms with Gasteiger partial charge in [-0.1, -0.05) is 121 Å². The van der Waals surface area contributed by atoms with Crippen LogP contribution >= 0.6 is 11.3 Å². The van der Waals surface area contributed by atoms with Crippen molar-refractivity contribution in [2.24, 2.45) is 0 Å². The molecule has 0 radical (unpaired) electrons. The maximum absolute atomic E-state index is 2.42. The number of benzene rings is 8. The van der Waals surface area contributed by atoms with E-state index in [0.717, 1.165) is 11.4 Å². The van der Waals surface area contributed by atoms with Gasteiger partial charge in [-0.3, -0.25) is 0 Å². The van der Waals surface area contributed by atoms with E-state index in [0.29, 0.717) is 0 Å². The number of rotatable bonds is 5. The van der Waals surface area contributed by atoms with Crippen LogP contribution < -0.4 is 4.90 Å². The molecule has 0 saturated carbocycles. The summed E-state index contributed by atoms with van der Waals surface area (Å²) in [6, 6.07) is 66.2. The topological polar surface area (TPSA) is 8.17 Å². The van der Waals surface area contributed by atoms with Crippen molar-refractivity contribution in [3.63, 3.8) is 0 Å². The zero-order chi connectivity index (χ0) is 32.3. The van der Waals surface area contributed by atoms with Crippen LogP contribution in [-0.4, -0.2) is 4.57 Å². The maximum atomic E-state index is 2.42. The van der Waals surface area contributed by atoms with E-state index in [-0.39, 0.29) is 0 Å². The third-order valence-electron chi connectivity index (χ3n) is 9.76. The van der Waals surface area contributed by atoms with Crippen LogP contribution in [0.25, 0.3) is 69.6 Å². The summed E-state index contributed by atoms with van der Waals surface area (Å²) in [4.78, 5) is 2.42. The zero-order valence-electron chi connectivity index (χ0n) is 26.6. The normalized spacial score (nSPS) is 11.7. The van der Waals surface area contributed by atoms with Gasteiger partial charge in [0.25, 0.3) is 0 Å². The lowest BCUT2D eigenvalue weighted by molar-refractivity contribution is 1.18. The summed E-state index contributed by atoms with van der Waals surface area (Å²) in [6.45, 7) is 0. The molecule has 2 nitrogen and oxygen atoms in total. The molecule has 0 fully saturated rings. The predicted molar refractivity (Wildman–Crippen MR) is 211 cm³/mol. The van der Waals surface area contributed by atoms with Crippen LogP contribution in [0.4, 0.5) is 17.1 Å². The first-order chi connectivity index (χ1) is 24.3. The second-order valence-electron chi connectivity index (χ2n) is 12.6. The summed E-state index contributed by atoms with van der Waals surface area (Å²) in [7, 11) is 0. The first-order valence-corrected chi connectivity index (χ1v) is 17.5. The molecule has 0 amide bonds. The third-order valence-corrected chi connectivity index (χ3v) is 11.0.